The van der Waals surface area contributed by atoms with Gasteiger partial charge in [-0.25, -0.2) is 0 Å². The Hall–Kier alpha value is -0.930. The Labute approximate surface area is 117 Å². The predicted molar refractivity (Wildman–Crippen MR) is 77.7 cm³/mol. The summed E-state index contributed by atoms with van der Waals surface area (Å²) in [4.78, 5) is 0. The molecule has 0 bridgehead atoms. The smallest absolute Gasteiger partial charge is 0.121 e. The molecule has 0 saturated heterocycles. The van der Waals surface area contributed by atoms with E-state index in [2.05, 4.69) is 42.2 Å². The molecule has 4 heteroatoms. The lowest BCUT2D eigenvalue weighted by atomic mass is 10.0. The molecule has 0 unspecified atom stereocenters. The maximum absolute atomic E-state index is 5.68. The van der Waals surface area contributed by atoms with Gasteiger partial charge < -0.3 is 0 Å². The SMILES string of the molecule is Cc1ccc(C)c(Cc2nnc(CCCCl)s2)c1. The summed E-state index contributed by atoms with van der Waals surface area (Å²) in [5.74, 6) is 0.686. The highest BCUT2D eigenvalue weighted by molar-refractivity contribution is 7.11. The molecule has 0 amide bonds. The van der Waals surface area contributed by atoms with Crippen molar-refractivity contribution in [2.75, 3.05) is 5.88 Å². The number of hydrogen-bond acceptors (Lipinski definition) is 3. The topological polar surface area (TPSA) is 25.8 Å². The molecule has 0 radical (unpaired) electrons. The molecule has 2 aromatic rings. The summed E-state index contributed by atoms with van der Waals surface area (Å²) in [5.41, 5.74) is 3.95. The summed E-state index contributed by atoms with van der Waals surface area (Å²) < 4.78 is 0. The van der Waals surface area contributed by atoms with E-state index >= 15 is 0 Å². The van der Waals surface area contributed by atoms with Crippen molar-refractivity contribution < 1.29 is 0 Å². The molecule has 1 aromatic heterocycles. The van der Waals surface area contributed by atoms with Crippen molar-refractivity contribution in [3.63, 3.8) is 0 Å². The molecule has 96 valence electrons. The molecule has 0 aliphatic heterocycles. The Morgan fingerprint density at radius 3 is 2.72 bits per heavy atom. The van der Waals surface area contributed by atoms with Crippen LogP contribution in [0.1, 0.15) is 33.1 Å². The van der Waals surface area contributed by atoms with Gasteiger partial charge in [0.2, 0.25) is 0 Å². The first kappa shape index (κ1) is 13.5. The van der Waals surface area contributed by atoms with Crippen molar-refractivity contribution in [2.45, 2.75) is 33.1 Å². The standard InChI is InChI=1S/C14H17ClN2S/c1-10-5-6-11(2)12(8-10)9-14-17-16-13(18-14)4-3-7-15/h5-6,8H,3-4,7,9H2,1-2H3. The number of halogens is 1. The van der Waals surface area contributed by atoms with Gasteiger partial charge in [0.05, 0.1) is 0 Å². The molecule has 18 heavy (non-hydrogen) atoms. The van der Waals surface area contributed by atoms with E-state index in [0.29, 0.717) is 5.88 Å². The zero-order valence-corrected chi connectivity index (χ0v) is 12.3. The van der Waals surface area contributed by atoms with Crippen LogP contribution >= 0.6 is 22.9 Å². The lowest BCUT2D eigenvalue weighted by Crippen LogP contribution is -1.92. The van der Waals surface area contributed by atoms with E-state index in [1.165, 1.54) is 16.7 Å². The number of nitrogens with zero attached hydrogens (tertiary/aromatic N) is 2. The average molecular weight is 281 g/mol. The van der Waals surface area contributed by atoms with Gasteiger partial charge in [0.15, 0.2) is 0 Å². The van der Waals surface area contributed by atoms with Crippen molar-refractivity contribution in [3.8, 4) is 0 Å². The first-order valence-corrected chi connectivity index (χ1v) is 7.47. The monoisotopic (exact) mass is 280 g/mol. The fourth-order valence-corrected chi connectivity index (χ4v) is 2.88. The highest BCUT2D eigenvalue weighted by Gasteiger charge is 2.07. The van der Waals surface area contributed by atoms with Gasteiger partial charge in [-0.3, -0.25) is 0 Å². The van der Waals surface area contributed by atoms with Crippen molar-refractivity contribution in [1.29, 1.82) is 0 Å². The van der Waals surface area contributed by atoms with Crippen molar-refractivity contribution in [1.82, 2.24) is 10.2 Å². The molecule has 0 aliphatic carbocycles. The van der Waals surface area contributed by atoms with E-state index in [-0.39, 0.29) is 0 Å². The van der Waals surface area contributed by atoms with Gasteiger partial charge in [-0.2, -0.15) is 0 Å². The Bertz CT molecular complexity index is 522. The normalized spacial score (nSPS) is 10.8. The molecule has 0 aliphatic rings. The number of hydrogen-bond donors (Lipinski definition) is 0. The molecule has 0 N–H and O–H groups in total. The fourth-order valence-electron chi connectivity index (χ4n) is 1.83. The second-order valence-corrected chi connectivity index (χ2v) is 6.01. The minimum Gasteiger partial charge on any atom is -0.144 e. The zero-order chi connectivity index (χ0) is 13.0. The zero-order valence-electron chi connectivity index (χ0n) is 10.7. The van der Waals surface area contributed by atoms with Crippen LogP contribution in [0.4, 0.5) is 0 Å². The predicted octanol–water partition coefficient (Wildman–Crippen LogP) is 3.92. The van der Waals surface area contributed by atoms with Gasteiger partial charge in [-0.05, 0) is 31.4 Å². The van der Waals surface area contributed by atoms with Crippen LogP contribution in [0.2, 0.25) is 0 Å². The summed E-state index contributed by atoms with van der Waals surface area (Å²) in [6.07, 6.45) is 2.79. The van der Waals surface area contributed by atoms with Gasteiger partial charge in [0, 0.05) is 18.7 Å². The number of rotatable bonds is 5. The van der Waals surface area contributed by atoms with Crippen LogP contribution in [0.15, 0.2) is 18.2 Å². The van der Waals surface area contributed by atoms with Crippen LogP contribution in [-0.4, -0.2) is 16.1 Å². The Balaban J connectivity index is 2.08. The largest absolute Gasteiger partial charge is 0.144 e. The van der Waals surface area contributed by atoms with Crippen LogP contribution in [0.3, 0.4) is 0 Å². The number of aryl methyl sites for hydroxylation is 3. The van der Waals surface area contributed by atoms with Crippen molar-refractivity contribution in [2.24, 2.45) is 0 Å². The van der Waals surface area contributed by atoms with Crippen LogP contribution < -0.4 is 0 Å². The quantitative estimate of drug-likeness (QED) is 0.776. The van der Waals surface area contributed by atoms with Gasteiger partial charge in [-0.15, -0.1) is 33.1 Å². The fraction of sp³-hybridized carbons (Fsp3) is 0.429. The Morgan fingerprint density at radius 1 is 1.17 bits per heavy atom. The van der Waals surface area contributed by atoms with Crippen molar-refractivity contribution in [3.05, 3.63) is 44.9 Å². The molecule has 2 rings (SSSR count). The summed E-state index contributed by atoms with van der Waals surface area (Å²) in [5, 5.41) is 10.7. The molecule has 0 fully saturated rings. The lowest BCUT2D eigenvalue weighted by molar-refractivity contribution is 0.873. The molecular formula is C14H17ClN2S. The van der Waals surface area contributed by atoms with Gasteiger partial charge in [0.25, 0.3) is 0 Å². The van der Waals surface area contributed by atoms with Gasteiger partial charge in [0.1, 0.15) is 10.0 Å². The third-order valence-corrected chi connectivity index (χ3v) is 4.13. The van der Waals surface area contributed by atoms with Crippen LogP contribution in [0.5, 0.6) is 0 Å². The summed E-state index contributed by atoms with van der Waals surface area (Å²) in [7, 11) is 0. The van der Waals surface area contributed by atoms with E-state index in [0.717, 1.165) is 29.3 Å². The maximum atomic E-state index is 5.68. The number of aromatic nitrogens is 2. The number of alkyl halides is 1. The van der Waals surface area contributed by atoms with E-state index in [1.54, 1.807) is 11.3 Å². The number of benzene rings is 1. The maximum Gasteiger partial charge on any atom is 0.121 e. The summed E-state index contributed by atoms with van der Waals surface area (Å²) in [6, 6.07) is 6.54. The molecule has 1 heterocycles. The lowest BCUT2D eigenvalue weighted by Gasteiger charge is -2.04. The van der Waals surface area contributed by atoms with Gasteiger partial charge >= 0.3 is 0 Å². The van der Waals surface area contributed by atoms with E-state index in [4.69, 9.17) is 11.6 Å². The third-order valence-electron chi connectivity index (χ3n) is 2.88. The highest BCUT2D eigenvalue weighted by atomic mass is 35.5. The highest BCUT2D eigenvalue weighted by Crippen LogP contribution is 2.19. The Morgan fingerprint density at radius 2 is 1.94 bits per heavy atom. The first-order valence-electron chi connectivity index (χ1n) is 6.12. The van der Waals surface area contributed by atoms with Crippen LogP contribution in [-0.2, 0) is 12.8 Å². The van der Waals surface area contributed by atoms with Crippen molar-refractivity contribution >= 4 is 22.9 Å². The van der Waals surface area contributed by atoms with E-state index in [9.17, 15) is 0 Å². The Kier molecular flexibility index (Phi) is 4.72. The molecule has 0 atom stereocenters. The van der Waals surface area contributed by atoms with E-state index < -0.39 is 0 Å². The molecule has 0 spiro atoms. The van der Waals surface area contributed by atoms with E-state index in [1.807, 2.05) is 0 Å². The second kappa shape index (κ2) is 6.30. The molecule has 1 aromatic carbocycles. The summed E-state index contributed by atoms with van der Waals surface area (Å²) >= 11 is 7.38. The van der Waals surface area contributed by atoms with Gasteiger partial charge in [-0.1, -0.05) is 23.8 Å². The minimum atomic E-state index is 0.686. The van der Waals surface area contributed by atoms with Crippen LogP contribution in [0.25, 0.3) is 0 Å². The van der Waals surface area contributed by atoms with Crippen LogP contribution in [0, 0.1) is 13.8 Å². The minimum absolute atomic E-state index is 0.686. The average Bonchev–Trinajstić information content (AvgIpc) is 2.79. The molecule has 2 nitrogen and oxygen atoms in total. The summed E-state index contributed by atoms with van der Waals surface area (Å²) in [6.45, 7) is 4.26. The first-order chi connectivity index (χ1) is 8.69. The molecule has 0 saturated carbocycles. The second-order valence-electron chi connectivity index (χ2n) is 4.49. The molecular weight excluding hydrogens is 264 g/mol. The third kappa shape index (κ3) is 3.53.